The number of hydrogen-bond acceptors (Lipinski definition) is 6. The van der Waals surface area contributed by atoms with E-state index in [1.807, 2.05) is 6.92 Å². The van der Waals surface area contributed by atoms with E-state index >= 15 is 0 Å². The molecule has 2 amide bonds. The number of anilines is 1. The molecule has 0 bridgehead atoms. The van der Waals surface area contributed by atoms with Gasteiger partial charge in [-0.25, -0.2) is 0 Å². The van der Waals surface area contributed by atoms with E-state index in [-0.39, 0.29) is 32.8 Å². The molecule has 0 unspecified atom stereocenters. The largest absolute Gasteiger partial charge is 0.508 e. The highest BCUT2D eigenvalue weighted by molar-refractivity contribution is 7.11. The summed E-state index contributed by atoms with van der Waals surface area (Å²) in [5.41, 5.74) is 0.955. The Labute approximate surface area is 224 Å². The number of rotatable bonds is 8. The van der Waals surface area contributed by atoms with Crippen molar-refractivity contribution in [1.29, 1.82) is 0 Å². The monoisotopic (exact) mass is 547 g/mol. The number of benzene rings is 2. The number of nitrogens with one attached hydrogen (secondary N) is 1. The maximum Gasteiger partial charge on any atom is 0.280 e. The number of carbonyl (C=O) groups is 2. The summed E-state index contributed by atoms with van der Waals surface area (Å²) >= 11 is 13.3. The highest BCUT2D eigenvalue weighted by atomic mass is 35.5. The SMILES string of the molecule is CCOc1ccc(N(C(=O)c2nsc(Cl)c2Cl)[C@H](C(=O)NC2CCCCC2)c2ccc(O)cc2)cc1. The van der Waals surface area contributed by atoms with Crippen molar-refractivity contribution in [1.82, 2.24) is 9.69 Å². The van der Waals surface area contributed by atoms with Gasteiger partial charge in [-0.05, 0) is 73.3 Å². The summed E-state index contributed by atoms with van der Waals surface area (Å²) in [6.45, 7) is 2.38. The molecule has 1 fully saturated rings. The van der Waals surface area contributed by atoms with Crippen molar-refractivity contribution < 1.29 is 19.4 Å². The van der Waals surface area contributed by atoms with Crippen LogP contribution >= 0.6 is 34.7 Å². The number of aromatic nitrogens is 1. The summed E-state index contributed by atoms with van der Waals surface area (Å²) in [5, 5.41) is 13.1. The fourth-order valence-corrected chi connectivity index (χ4v) is 5.35. The van der Waals surface area contributed by atoms with E-state index in [0.717, 1.165) is 43.6 Å². The van der Waals surface area contributed by atoms with Gasteiger partial charge in [-0.3, -0.25) is 14.5 Å². The van der Waals surface area contributed by atoms with Crippen LogP contribution in [0.4, 0.5) is 5.69 Å². The quantitative estimate of drug-likeness (QED) is 0.340. The number of carbonyl (C=O) groups excluding carboxylic acids is 2. The average Bonchev–Trinajstić information content (AvgIpc) is 3.22. The second-order valence-electron chi connectivity index (χ2n) is 8.56. The molecule has 10 heteroatoms. The minimum Gasteiger partial charge on any atom is -0.508 e. The van der Waals surface area contributed by atoms with Gasteiger partial charge in [-0.15, -0.1) is 0 Å². The van der Waals surface area contributed by atoms with Gasteiger partial charge in [0, 0.05) is 11.7 Å². The zero-order valence-electron chi connectivity index (χ0n) is 19.7. The van der Waals surface area contributed by atoms with Crippen molar-refractivity contribution in [2.24, 2.45) is 0 Å². The number of ether oxygens (including phenoxy) is 1. The third-order valence-electron chi connectivity index (χ3n) is 6.11. The number of nitrogens with zero attached hydrogens (tertiary/aromatic N) is 2. The zero-order chi connectivity index (χ0) is 25.7. The van der Waals surface area contributed by atoms with E-state index in [0.29, 0.717) is 23.6 Å². The maximum absolute atomic E-state index is 13.9. The summed E-state index contributed by atoms with van der Waals surface area (Å²) in [6, 6.07) is 12.1. The van der Waals surface area contributed by atoms with Gasteiger partial charge in [0.1, 0.15) is 26.9 Å². The highest BCUT2D eigenvalue weighted by Gasteiger charge is 2.36. The normalized spacial score (nSPS) is 14.8. The molecule has 7 nitrogen and oxygen atoms in total. The molecule has 36 heavy (non-hydrogen) atoms. The van der Waals surface area contributed by atoms with E-state index in [2.05, 4.69) is 9.69 Å². The van der Waals surface area contributed by atoms with Crippen molar-refractivity contribution in [2.45, 2.75) is 51.1 Å². The van der Waals surface area contributed by atoms with Crippen LogP contribution in [0.15, 0.2) is 48.5 Å². The number of aromatic hydroxyl groups is 1. The third-order valence-corrected chi connectivity index (χ3v) is 7.72. The van der Waals surface area contributed by atoms with Gasteiger partial charge >= 0.3 is 0 Å². The van der Waals surface area contributed by atoms with Crippen LogP contribution in [0.25, 0.3) is 0 Å². The molecule has 1 aromatic heterocycles. The molecule has 1 aliphatic rings. The topological polar surface area (TPSA) is 91.8 Å². The number of hydrogen-bond donors (Lipinski definition) is 2. The Morgan fingerprint density at radius 1 is 1.11 bits per heavy atom. The lowest BCUT2D eigenvalue weighted by molar-refractivity contribution is -0.123. The summed E-state index contributed by atoms with van der Waals surface area (Å²) in [4.78, 5) is 29.1. The van der Waals surface area contributed by atoms with Gasteiger partial charge in [0.05, 0.1) is 6.61 Å². The molecule has 1 saturated carbocycles. The summed E-state index contributed by atoms with van der Waals surface area (Å²) in [5.74, 6) is -0.203. The molecule has 2 aromatic carbocycles. The smallest absolute Gasteiger partial charge is 0.280 e. The van der Waals surface area contributed by atoms with Crippen molar-refractivity contribution in [2.75, 3.05) is 11.5 Å². The summed E-state index contributed by atoms with van der Waals surface area (Å²) in [6.07, 6.45) is 5.01. The molecule has 0 aliphatic heterocycles. The number of phenolic OH excluding ortho intramolecular Hbond substituents is 1. The minimum absolute atomic E-state index is 0.0282. The van der Waals surface area contributed by atoms with Crippen LogP contribution in [0.5, 0.6) is 11.5 Å². The Kier molecular flexibility index (Phi) is 8.72. The zero-order valence-corrected chi connectivity index (χ0v) is 22.1. The molecule has 4 rings (SSSR count). The molecule has 190 valence electrons. The standard InChI is InChI=1S/C26H27Cl2N3O4S/c1-2-35-20-14-10-18(11-15-20)31(26(34)22-21(27)24(28)36-30-22)23(16-8-12-19(32)13-9-16)25(33)29-17-6-4-3-5-7-17/h8-15,17,23,32H,2-7H2,1H3,(H,29,33)/t23-/m0/s1. The lowest BCUT2D eigenvalue weighted by atomic mass is 9.94. The summed E-state index contributed by atoms with van der Waals surface area (Å²) < 4.78 is 9.91. The first-order valence-corrected chi connectivity index (χ1v) is 13.4. The minimum atomic E-state index is -1.05. The van der Waals surface area contributed by atoms with Gasteiger partial charge < -0.3 is 15.2 Å². The predicted octanol–water partition coefficient (Wildman–Crippen LogP) is 6.39. The van der Waals surface area contributed by atoms with Crippen LogP contribution in [0.3, 0.4) is 0 Å². The summed E-state index contributed by atoms with van der Waals surface area (Å²) in [7, 11) is 0. The van der Waals surface area contributed by atoms with Gasteiger partial charge in [-0.2, -0.15) is 4.37 Å². The first kappa shape index (κ1) is 26.3. The molecule has 3 aromatic rings. The van der Waals surface area contributed by atoms with E-state index < -0.39 is 11.9 Å². The first-order chi connectivity index (χ1) is 17.4. The van der Waals surface area contributed by atoms with E-state index in [1.165, 1.54) is 17.0 Å². The highest BCUT2D eigenvalue weighted by Crippen LogP contribution is 2.36. The number of amides is 2. The van der Waals surface area contributed by atoms with Crippen LogP contribution in [-0.2, 0) is 4.79 Å². The lowest BCUT2D eigenvalue weighted by Gasteiger charge is -2.33. The Hall–Kier alpha value is -2.81. The Balaban J connectivity index is 1.80. The van der Waals surface area contributed by atoms with E-state index in [4.69, 9.17) is 27.9 Å². The van der Waals surface area contributed by atoms with Crippen molar-refractivity contribution >= 4 is 52.2 Å². The average molecular weight is 548 g/mol. The molecule has 0 radical (unpaired) electrons. The molecule has 2 N–H and O–H groups in total. The fraction of sp³-hybridized carbons (Fsp3) is 0.346. The molecule has 1 atom stereocenters. The maximum atomic E-state index is 13.9. The number of halogens is 2. The van der Waals surface area contributed by atoms with E-state index in [1.54, 1.807) is 36.4 Å². The van der Waals surface area contributed by atoms with Crippen LogP contribution in [-0.4, -0.2) is 33.9 Å². The van der Waals surface area contributed by atoms with Gasteiger partial charge in [0.25, 0.3) is 5.91 Å². The Morgan fingerprint density at radius 3 is 2.36 bits per heavy atom. The third kappa shape index (κ3) is 5.94. The van der Waals surface area contributed by atoms with Crippen LogP contribution in [0, 0.1) is 0 Å². The number of phenols is 1. The van der Waals surface area contributed by atoms with Crippen LogP contribution < -0.4 is 15.0 Å². The molecule has 1 heterocycles. The Bertz CT molecular complexity index is 1190. The molecular formula is C26H27Cl2N3O4S. The Morgan fingerprint density at radius 2 is 1.78 bits per heavy atom. The molecule has 1 aliphatic carbocycles. The van der Waals surface area contributed by atoms with E-state index in [9.17, 15) is 14.7 Å². The fourth-order valence-electron chi connectivity index (χ4n) is 4.36. The van der Waals surface area contributed by atoms with Gasteiger partial charge in [0.15, 0.2) is 5.69 Å². The first-order valence-electron chi connectivity index (χ1n) is 11.9. The lowest BCUT2D eigenvalue weighted by Crippen LogP contribution is -2.47. The van der Waals surface area contributed by atoms with Gasteiger partial charge in [-0.1, -0.05) is 54.6 Å². The predicted molar refractivity (Wildman–Crippen MR) is 142 cm³/mol. The van der Waals surface area contributed by atoms with Crippen molar-refractivity contribution in [3.63, 3.8) is 0 Å². The van der Waals surface area contributed by atoms with Crippen LogP contribution in [0.1, 0.15) is 61.1 Å². The van der Waals surface area contributed by atoms with Crippen molar-refractivity contribution in [3.05, 3.63) is 69.1 Å². The molecule has 0 saturated heterocycles. The second-order valence-corrected chi connectivity index (χ2v) is 10.3. The molecular weight excluding hydrogens is 521 g/mol. The van der Waals surface area contributed by atoms with Crippen molar-refractivity contribution in [3.8, 4) is 11.5 Å². The second kappa shape index (κ2) is 12.0. The van der Waals surface area contributed by atoms with Crippen LogP contribution in [0.2, 0.25) is 9.36 Å². The molecule has 0 spiro atoms. The van der Waals surface area contributed by atoms with Gasteiger partial charge in [0.2, 0.25) is 5.91 Å².